The summed E-state index contributed by atoms with van der Waals surface area (Å²) in [7, 11) is 0. The van der Waals surface area contributed by atoms with Crippen LogP contribution in [-0.2, 0) is 19.3 Å². The maximum atomic E-state index is 13.0. The normalized spacial score (nSPS) is 15.2. The van der Waals surface area contributed by atoms with E-state index in [4.69, 9.17) is 0 Å². The third-order valence-corrected chi connectivity index (χ3v) is 6.15. The second kappa shape index (κ2) is 9.77. The fraction of sp³-hybridized carbons (Fsp3) is 0.310. The van der Waals surface area contributed by atoms with Crippen LogP contribution in [0.1, 0.15) is 71.9 Å². The average molecular weight is 397 g/mol. The number of benzene rings is 3. The van der Waals surface area contributed by atoms with Gasteiger partial charge in [0.1, 0.15) is 5.82 Å². The zero-order chi connectivity index (χ0) is 20.8. The van der Waals surface area contributed by atoms with Gasteiger partial charge in [-0.25, -0.2) is 4.39 Å². The van der Waals surface area contributed by atoms with Crippen LogP contribution in [0.3, 0.4) is 0 Å². The van der Waals surface area contributed by atoms with Crippen LogP contribution in [-0.4, -0.2) is 0 Å². The van der Waals surface area contributed by atoms with Gasteiger partial charge in [-0.05, 0) is 96.7 Å². The quantitative estimate of drug-likeness (QED) is 0.315. The monoisotopic (exact) mass is 396 g/mol. The topological polar surface area (TPSA) is 0 Å². The lowest BCUT2D eigenvalue weighted by molar-refractivity contribution is 0.584. The lowest BCUT2D eigenvalue weighted by Crippen LogP contribution is -2.13. The molecule has 0 aliphatic heterocycles. The van der Waals surface area contributed by atoms with Crippen LogP contribution in [0.4, 0.5) is 4.39 Å². The molecular weight excluding hydrogens is 367 g/mol. The first-order valence-corrected chi connectivity index (χ1v) is 11.2. The Bertz CT molecular complexity index is 1030. The molecule has 0 spiro atoms. The molecule has 1 unspecified atom stereocenters. The van der Waals surface area contributed by atoms with Crippen molar-refractivity contribution in [3.05, 3.63) is 106 Å². The number of unbranched alkanes of at least 4 members (excludes halogenated alkanes) is 2. The fourth-order valence-electron chi connectivity index (χ4n) is 4.33. The molecule has 0 fully saturated rings. The highest BCUT2D eigenvalue weighted by molar-refractivity contribution is 5.47. The first-order valence-electron chi connectivity index (χ1n) is 11.2. The summed E-state index contributed by atoms with van der Waals surface area (Å²) in [6.07, 6.45) is 8.48. The van der Waals surface area contributed by atoms with E-state index >= 15 is 0 Å². The second-order valence-electron chi connectivity index (χ2n) is 8.38. The van der Waals surface area contributed by atoms with Crippen LogP contribution in [0.15, 0.2) is 66.7 Å². The summed E-state index contributed by atoms with van der Waals surface area (Å²) in [4.78, 5) is 0. The van der Waals surface area contributed by atoms with E-state index in [1.54, 1.807) is 12.1 Å². The van der Waals surface area contributed by atoms with Crippen molar-refractivity contribution in [2.75, 3.05) is 0 Å². The van der Waals surface area contributed by atoms with E-state index in [9.17, 15) is 4.39 Å². The Kier molecular flexibility index (Phi) is 6.65. The summed E-state index contributed by atoms with van der Waals surface area (Å²) in [5.74, 6) is 6.75. The summed E-state index contributed by atoms with van der Waals surface area (Å²) in [6, 6.07) is 22.3. The van der Waals surface area contributed by atoms with E-state index in [2.05, 4.69) is 61.2 Å². The van der Waals surface area contributed by atoms with Crippen molar-refractivity contribution >= 4 is 0 Å². The Morgan fingerprint density at radius 3 is 2.33 bits per heavy atom. The SMILES string of the molecule is CCCCCc1ccc(C2CCc3cc(C#Cc4ccc(F)cc4)ccc3C2)cc1. The van der Waals surface area contributed by atoms with E-state index in [1.807, 2.05) is 0 Å². The molecule has 1 heteroatoms. The Labute approximate surface area is 180 Å². The molecule has 0 radical (unpaired) electrons. The van der Waals surface area contributed by atoms with Crippen molar-refractivity contribution in [2.45, 2.75) is 57.8 Å². The number of hydrogen-bond acceptors (Lipinski definition) is 0. The standard InChI is InChI=1S/C29H29F/c1-2-3-4-5-22-8-13-25(14-9-22)27-17-16-26-20-24(10-15-28(26)21-27)7-6-23-11-18-29(30)19-12-23/h8-15,18-20,27H,2-5,16-17,21H2,1H3. The largest absolute Gasteiger partial charge is 0.207 e. The highest BCUT2D eigenvalue weighted by Gasteiger charge is 2.20. The molecule has 0 N–H and O–H groups in total. The van der Waals surface area contributed by atoms with E-state index in [0.717, 1.165) is 24.0 Å². The lowest BCUT2D eigenvalue weighted by Gasteiger charge is -2.25. The van der Waals surface area contributed by atoms with Gasteiger partial charge in [0.2, 0.25) is 0 Å². The molecule has 1 aliphatic carbocycles. The van der Waals surface area contributed by atoms with Crippen LogP contribution in [0.25, 0.3) is 0 Å². The smallest absolute Gasteiger partial charge is 0.123 e. The average Bonchev–Trinajstić information content (AvgIpc) is 2.79. The molecule has 30 heavy (non-hydrogen) atoms. The van der Waals surface area contributed by atoms with Gasteiger partial charge in [0.15, 0.2) is 0 Å². The maximum Gasteiger partial charge on any atom is 0.123 e. The molecule has 0 amide bonds. The minimum absolute atomic E-state index is 0.227. The third-order valence-electron chi connectivity index (χ3n) is 6.15. The van der Waals surface area contributed by atoms with E-state index < -0.39 is 0 Å². The summed E-state index contributed by atoms with van der Waals surface area (Å²) < 4.78 is 13.0. The van der Waals surface area contributed by atoms with Crippen molar-refractivity contribution < 1.29 is 4.39 Å². The Balaban J connectivity index is 1.42. The van der Waals surface area contributed by atoms with Gasteiger partial charge in [0, 0.05) is 11.1 Å². The molecule has 0 saturated carbocycles. The minimum atomic E-state index is -0.227. The molecule has 1 aliphatic rings. The first kappa shape index (κ1) is 20.4. The van der Waals surface area contributed by atoms with Crippen molar-refractivity contribution in [1.82, 2.24) is 0 Å². The molecule has 4 rings (SSSR count). The van der Waals surface area contributed by atoms with Crippen molar-refractivity contribution in [3.8, 4) is 11.8 Å². The third kappa shape index (κ3) is 5.19. The predicted octanol–water partition coefficient (Wildman–Crippen LogP) is 7.23. The van der Waals surface area contributed by atoms with Gasteiger partial charge < -0.3 is 0 Å². The molecule has 0 saturated heterocycles. The molecule has 0 nitrogen and oxygen atoms in total. The Morgan fingerprint density at radius 1 is 0.833 bits per heavy atom. The van der Waals surface area contributed by atoms with Crippen LogP contribution in [0.2, 0.25) is 0 Å². The predicted molar refractivity (Wildman–Crippen MR) is 123 cm³/mol. The minimum Gasteiger partial charge on any atom is -0.207 e. The Hall–Kier alpha value is -2.85. The van der Waals surface area contributed by atoms with Gasteiger partial charge >= 0.3 is 0 Å². The zero-order valence-electron chi connectivity index (χ0n) is 17.8. The summed E-state index contributed by atoms with van der Waals surface area (Å²) in [6.45, 7) is 2.26. The number of rotatable bonds is 5. The van der Waals surface area contributed by atoms with E-state index in [0.29, 0.717) is 5.92 Å². The van der Waals surface area contributed by atoms with E-state index in [1.165, 1.54) is 66.5 Å². The second-order valence-corrected chi connectivity index (χ2v) is 8.38. The number of fused-ring (bicyclic) bond motifs is 1. The fourth-order valence-corrected chi connectivity index (χ4v) is 4.33. The number of halogens is 1. The molecule has 3 aromatic rings. The highest BCUT2D eigenvalue weighted by atomic mass is 19.1. The molecular formula is C29H29F. The van der Waals surface area contributed by atoms with Gasteiger partial charge in [0.05, 0.1) is 0 Å². The molecule has 0 bridgehead atoms. The highest BCUT2D eigenvalue weighted by Crippen LogP contribution is 2.33. The number of aryl methyl sites for hydroxylation is 2. The molecule has 0 aromatic heterocycles. The lowest BCUT2D eigenvalue weighted by atomic mass is 9.79. The first-order chi connectivity index (χ1) is 14.7. The molecule has 152 valence electrons. The van der Waals surface area contributed by atoms with Crippen molar-refractivity contribution in [2.24, 2.45) is 0 Å². The summed E-state index contributed by atoms with van der Waals surface area (Å²) >= 11 is 0. The molecule has 1 atom stereocenters. The van der Waals surface area contributed by atoms with Crippen LogP contribution in [0.5, 0.6) is 0 Å². The van der Waals surface area contributed by atoms with Gasteiger partial charge in [-0.15, -0.1) is 0 Å². The van der Waals surface area contributed by atoms with Crippen molar-refractivity contribution in [3.63, 3.8) is 0 Å². The number of hydrogen-bond donors (Lipinski definition) is 0. The summed E-state index contributed by atoms with van der Waals surface area (Å²) in [5, 5.41) is 0. The van der Waals surface area contributed by atoms with Gasteiger partial charge in [-0.1, -0.05) is 61.9 Å². The summed E-state index contributed by atoms with van der Waals surface area (Å²) in [5.41, 5.74) is 7.69. The van der Waals surface area contributed by atoms with Crippen LogP contribution in [0, 0.1) is 17.7 Å². The van der Waals surface area contributed by atoms with Gasteiger partial charge in [0.25, 0.3) is 0 Å². The molecule has 0 heterocycles. The van der Waals surface area contributed by atoms with Crippen LogP contribution < -0.4 is 0 Å². The van der Waals surface area contributed by atoms with Gasteiger partial charge in [-0.3, -0.25) is 0 Å². The molecule has 3 aromatic carbocycles. The van der Waals surface area contributed by atoms with Gasteiger partial charge in [-0.2, -0.15) is 0 Å². The Morgan fingerprint density at radius 2 is 1.57 bits per heavy atom. The van der Waals surface area contributed by atoms with Crippen molar-refractivity contribution in [1.29, 1.82) is 0 Å². The zero-order valence-corrected chi connectivity index (χ0v) is 17.8. The van der Waals surface area contributed by atoms with Crippen LogP contribution >= 0.6 is 0 Å². The van der Waals surface area contributed by atoms with E-state index in [-0.39, 0.29) is 5.82 Å². The maximum absolute atomic E-state index is 13.0.